The van der Waals surface area contributed by atoms with E-state index in [2.05, 4.69) is 32.7 Å². The van der Waals surface area contributed by atoms with Crippen molar-refractivity contribution < 1.29 is 19.1 Å². The van der Waals surface area contributed by atoms with Gasteiger partial charge >= 0.3 is 6.03 Å². The molecule has 1 saturated heterocycles. The smallest absolute Gasteiger partial charge is 0.330 e. The highest BCUT2D eigenvalue weighted by molar-refractivity contribution is 6.07. The Morgan fingerprint density at radius 1 is 1.05 bits per heavy atom. The van der Waals surface area contributed by atoms with E-state index < -0.39 is 0 Å². The van der Waals surface area contributed by atoms with E-state index in [0.29, 0.717) is 41.2 Å². The number of fused-ring (bicyclic) bond motifs is 1. The molecule has 2 N–H and O–H groups in total. The summed E-state index contributed by atoms with van der Waals surface area (Å²) < 4.78 is 11.1. The van der Waals surface area contributed by atoms with Gasteiger partial charge in [-0.25, -0.2) is 9.78 Å². The van der Waals surface area contributed by atoms with Crippen molar-refractivity contribution in [1.29, 1.82) is 0 Å². The molecule has 2 aromatic carbocycles. The number of ether oxygens (including phenoxy) is 2. The molecule has 5 rings (SSSR count). The Morgan fingerprint density at radius 3 is 2.45 bits per heavy atom. The third kappa shape index (κ3) is 5.45. The van der Waals surface area contributed by atoms with Crippen molar-refractivity contribution in [3.05, 3.63) is 48.2 Å². The van der Waals surface area contributed by atoms with Crippen LogP contribution in [0.2, 0.25) is 0 Å². The Bertz CT molecular complexity index is 1390. The molecule has 3 amide bonds. The summed E-state index contributed by atoms with van der Waals surface area (Å²) in [5, 5.41) is 6.04. The lowest BCUT2D eigenvalue weighted by atomic mass is 10.1. The first kappa shape index (κ1) is 27.0. The fourth-order valence-electron chi connectivity index (χ4n) is 5.19. The molecule has 0 saturated carbocycles. The van der Waals surface area contributed by atoms with E-state index in [0.717, 1.165) is 24.3 Å². The molecule has 0 spiro atoms. The number of hydrogen-bond donors (Lipinski definition) is 2. The van der Waals surface area contributed by atoms with E-state index in [1.54, 1.807) is 28.1 Å². The van der Waals surface area contributed by atoms with E-state index >= 15 is 0 Å². The highest BCUT2D eigenvalue weighted by atomic mass is 16.5. The van der Waals surface area contributed by atoms with Crippen LogP contribution in [0.25, 0.3) is 0 Å². The van der Waals surface area contributed by atoms with Gasteiger partial charge in [0.2, 0.25) is 11.9 Å². The Kier molecular flexibility index (Phi) is 7.90. The maximum atomic E-state index is 13.8. The zero-order valence-corrected chi connectivity index (χ0v) is 23.4. The van der Waals surface area contributed by atoms with Crippen LogP contribution < -0.4 is 34.8 Å². The van der Waals surface area contributed by atoms with E-state index in [1.165, 1.54) is 46.1 Å². The second kappa shape index (κ2) is 11.7. The topological polar surface area (TPSA) is 112 Å². The van der Waals surface area contributed by atoms with E-state index in [4.69, 9.17) is 14.5 Å². The second-order valence-corrected chi connectivity index (χ2v) is 9.78. The van der Waals surface area contributed by atoms with Gasteiger partial charge in [0, 0.05) is 61.8 Å². The van der Waals surface area contributed by atoms with Gasteiger partial charge in [-0.05, 0) is 50.5 Å². The van der Waals surface area contributed by atoms with Crippen LogP contribution in [0.15, 0.2) is 42.6 Å². The highest BCUT2D eigenvalue weighted by Crippen LogP contribution is 2.43. The maximum absolute atomic E-state index is 13.8. The fraction of sp³-hybridized carbons (Fsp3) is 0.379. The van der Waals surface area contributed by atoms with Crippen molar-refractivity contribution in [3.63, 3.8) is 0 Å². The monoisotopic (exact) mass is 545 g/mol. The molecule has 0 radical (unpaired) electrons. The van der Waals surface area contributed by atoms with Crippen LogP contribution in [-0.4, -0.2) is 55.8 Å². The molecule has 0 bridgehead atoms. The first-order valence-electron chi connectivity index (χ1n) is 13.5. The Balaban J connectivity index is 1.42. The van der Waals surface area contributed by atoms with E-state index in [9.17, 15) is 9.59 Å². The van der Waals surface area contributed by atoms with E-state index in [-0.39, 0.29) is 18.5 Å². The van der Waals surface area contributed by atoms with Crippen molar-refractivity contribution in [2.45, 2.75) is 39.7 Å². The molecule has 0 atom stereocenters. The summed E-state index contributed by atoms with van der Waals surface area (Å²) in [6, 6.07) is 11.4. The van der Waals surface area contributed by atoms with Crippen LogP contribution in [0.5, 0.6) is 11.5 Å². The van der Waals surface area contributed by atoms with Crippen LogP contribution in [0, 0.1) is 0 Å². The standard InChI is InChI=1S/C29H35N7O4/c1-5-35-27-20(17-30-28(33-27)32-21-9-11-22(12-10-21)34-13-7-6-8-14-34)18-36(29(35)38)25-16-23(39-3)15-24(26(25)40-4)31-19(2)37/h9-12,15-17H,5-8,13-14,18H2,1-4H3,(H,31,37)(H,30,32,33). The number of amides is 3. The summed E-state index contributed by atoms with van der Waals surface area (Å²) in [5.74, 6) is 1.53. The number of aromatic nitrogens is 2. The minimum absolute atomic E-state index is 0.221. The number of anilines is 6. The van der Waals surface area contributed by atoms with Crippen molar-refractivity contribution in [2.24, 2.45) is 0 Å². The summed E-state index contributed by atoms with van der Waals surface area (Å²) in [7, 11) is 3.02. The molecule has 40 heavy (non-hydrogen) atoms. The van der Waals surface area contributed by atoms with Gasteiger partial charge in [-0.1, -0.05) is 0 Å². The fourth-order valence-corrected chi connectivity index (χ4v) is 5.19. The lowest BCUT2D eigenvalue weighted by Crippen LogP contribution is -2.48. The lowest BCUT2D eigenvalue weighted by Gasteiger charge is -2.36. The van der Waals surface area contributed by atoms with Crippen molar-refractivity contribution in [3.8, 4) is 11.5 Å². The third-order valence-corrected chi connectivity index (χ3v) is 7.13. The van der Waals surface area contributed by atoms with Crippen molar-refractivity contribution >= 4 is 46.5 Å². The average molecular weight is 546 g/mol. The van der Waals surface area contributed by atoms with Crippen LogP contribution in [-0.2, 0) is 11.3 Å². The largest absolute Gasteiger partial charge is 0.497 e. The number of rotatable bonds is 8. The molecule has 11 heteroatoms. The molecule has 3 heterocycles. The number of nitrogens with one attached hydrogen (secondary N) is 2. The molecule has 1 aromatic heterocycles. The number of hydrogen-bond acceptors (Lipinski definition) is 8. The average Bonchev–Trinajstić information content (AvgIpc) is 2.97. The summed E-state index contributed by atoms with van der Waals surface area (Å²) in [6.45, 7) is 6.10. The lowest BCUT2D eigenvalue weighted by molar-refractivity contribution is -0.114. The zero-order chi connectivity index (χ0) is 28.2. The van der Waals surface area contributed by atoms with Gasteiger partial charge in [0.15, 0.2) is 5.75 Å². The number of piperidine rings is 1. The van der Waals surface area contributed by atoms with Gasteiger partial charge in [-0.15, -0.1) is 0 Å². The zero-order valence-electron chi connectivity index (χ0n) is 23.4. The quantitative estimate of drug-likeness (QED) is 0.400. The molecular weight excluding hydrogens is 510 g/mol. The summed E-state index contributed by atoms with van der Waals surface area (Å²) >= 11 is 0. The molecule has 1 fully saturated rings. The van der Waals surface area contributed by atoms with Gasteiger partial charge in [0.25, 0.3) is 0 Å². The summed E-state index contributed by atoms with van der Waals surface area (Å²) in [6.07, 6.45) is 5.49. The van der Waals surface area contributed by atoms with Gasteiger partial charge in [0.05, 0.1) is 32.1 Å². The Morgan fingerprint density at radius 2 is 1.80 bits per heavy atom. The predicted octanol–water partition coefficient (Wildman–Crippen LogP) is 5.15. The first-order valence-corrected chi connectivity index (χ1v) is 13.5. The first-order chi connectivity index (χ1) is 19.4. The SMILES string of the molecule is CCN1C(=O)N(c2cc(OC)cc(NC(C)=O)c2OC)Cc2cnc(Nc3ccc(N4CCCCC4)cc3)nc21. The molecule has 11 nitrogen and oxygen atoms in total. The van der Waals surface area contributed by atoms with Crippen LogP contribution in [0.4, 0.5) is 39.3 Å². The van der Waals surface area contributed by atoms with Crippen molar-refractivity contribution in [2.75, 3.05) is 59.2 Å². The molecule has 0 aliphatic carbocycles. The predicted molar refractivity (Wildman–Crippen MR) is 156 cm³/mol. The highest BCUT2D eigenvalue weighted by Gasteiger charge is 2.34. The molecule has 2 aliphatic rings. The number of carbonyl (C=O) groups excluding carboxylic acids is 2. The molecule has 210 valence electrons. The number of methoxy groups -OCH3 is 2. The number of benzene rings is 2. The molecule has 2 aliphatic heterocycles. The summed E-state index contributed by atoms with van der Waals surface area (Å²) in [4.78, 5) is 40.4. The van der Waals surface area contributed by atoms with Crippen LogP contribution in [0.3, 0.4) is 0 Å². The van der Waals surface area contributed by atoms with Gasteiger partial charge in [0.1, 0.15) is 11.6 Å². The Hall–Kier alpha value is -4.54. The Labute approximate surface area is 234 Å². The minimum atomic E-state index is -0.272. The number of carbonyl (C=O) groups is 2. The number of nitrogens with zero attached hydrogens (tertiary/aromatic N) is 5. The number of urea groups is 1. The summed E-state index contributed by atoms with van der Waals surface area (Å²) in [5.41, 5.74) is 3.75. The van der Waals surface area contributed by atoms with Crippen molar-refractivity contribution in [1.82, 2.24) is 9.97 Å². The van der Waals surface area contributed by atoms with Crippen LogP contribution in [0.1, 0.15) is 38.7 Å². The van der Waals surface area contributed by atoms with E-state index in [1.807, 2.05) is 19.1 Å². The van der Waals surface area contributed by atoms with Gasteiger partial charge < -0.3 is 25.0 Å². The molecule has 0 unspecified atom stereocenters. The molecular formula is C29H35N7O4. The van der Waals surface area contributed by atoms with Gasteiger partial charge in [-0.2, -0.15) is 4.98 Å². The normalized spacial score (nSPS) is 15.0. The third-order valence-electron chi connectivity index (χ3n) is 7.13. The maximum Gasteiger partial charge on any atom is 0.330 e. The van der Waals surface area contributed by atoms with Crippen LogP contribution >= 0.6 is 0 Å². The van der Waals surface area contributed by atoms with Gasteiger partial charge in [-0.3, -0.25) is 14.6 Å². The second-order valence-electron chi connectivity index (χ2n) is 9.78. The minimum Gasteiger partial charge on any atom is -0.497 e. The molecule has 3 aromatic rings.